The summed E-state index contributed by atoms with van der Waals surface area (Å²) in [7, 11) is 1.54. The van der Waals surface area contributed by atoms with Crippen LogP contribution in [0.1, 0.15) is 11.1 Å². The molecule has 9 heteroatoms. The lowest BCUT2D eigenvalue weighted by molar-refractivity contribution is -0.141. The summed E-state index contributed by atoms with van der Waals surface area (Å²) in [4.78, 5) is 43.6. The second-order valence-corrected chi connectivity index (χ2v) is 7.83. The van der Waals surface area contributed by atoms with Gasteiger partial charge in [-0.25, -0.2) is 9.78 Å². The van der Waals surface area contributed by atoms with Crippen molar-refractivity contribution in [2.24, 2.45) is 7.05 Å². The fourth-order valence-electron chi connectivity index (χ4n) is 3.14. The number of ether oxygens (including phenoxy) is 1. The van der Waals surface area contributed by atoms with Gasteiger partial charge in [0.1, 0.15) is 6.61 Å². The van der Waals surface area contributed by atoms with E-state index >= 15 is 0 Å². The van der Waals surface area contributed by atoms with Crippen LogP contribution in [0.5, 0.6) is 0 Å². The number of aromatic amines is 1. The van der Waals surface area contributed by atoms with Crippen LogP contribution in [0.3, 0.4) is 0 Å². The maximum absolute atomic E-state index is 12.5. The van der Waals surface area contributed by atoms with Crippen molar-refractivity contribution in [1.82, 2.24) is 19.1 Å². The number of carbonyl (C=O) groups excluding carboxylic acids is 1. The van der Waals surface area contributed by atoms with Crippen LogP contribution in [0, 0.1) is 0 Å². The monoisotopic (exact) mass is 436 g/mol. The maximum atomic E-state index is 12.5. The van der Waals surface area contributed by atoms with Crippen LogP contribution in [0.2, 0.25) is 0 Å². The van der Waals surface area contributed by atoms with Crippen LogP contribution in [0.15, 0.2) is 75.4 Å². The molecule has 31 heavy (non-hydrogen) atoms. The van der Waals surface area contributed by atoms with Crippen molar-refractivity contribution in [3.8, 4) is 0 Å². The van der Waals surface area contributed by atoms with Crippen LogP contribution < -0.4 is 11.2 Å². The highest BCUT2D eigenvalue weighted by atomic mass is 32.2. The molecular formula is C22H20N4O4S. The molecule has 0 bridgehead atoms. The van der Waals surface area contributed by atoms with E-state index in [1.165, 1.54) is 16.3 Å². The molecule has 0 saturated carbocycles. The van der Waals surface area contributed by atoms with Gasteiger partial charge in [0.25, 0.3) is 5.56 Å². The molecule has 0 aliphatic carbocycles. The van der Waals surface area contributed by atoms with Crippen molar-refractivity contribution < 1.29 is 9.53 Å². The summed E-state index contributed by atoms with van der Waals surface area (Å²) in [5.74, 6) is -0.369. The number of rotatable bonds is 7. The van der Waals surface area contributed by atoms with Crippen molar-refractivity contribution in [3.05, 3.63) is 92.6 Å². The highest BCUT2D eigenvalue weighted by Crippen LogP contribution is 2.23. The summed E-state index contributed by atoms with van der Waals surface area (Å²) in [5.41, 5.74) is 1.36. The van der Waals surface area contributed by atoms with E-state index in [9.17, 15) is 14.4 Å². The number of carbonyl (C=O) groups is 1. The van der Waals surface area contributed by atoms with Gasteiger partial charge in [0.2, 0.25) is 0 Å². The van der Waals surface area contributed by atoms with Gasteiger partial charge < -0.3 is 9.30 Å². The Kier molecular flexibility index (Phi) is 6.03. The van der Waals surface area contributed by atoms with Crippen LogP contribution in [0.4, 0.5) is 0 Å². The van der Waals surface area contributed by atoms with Gasteiger partial charge in [-0.15, -0.1) is 0 Å². The first kappa shape index (κ1) is 20.7. The number of aryl methyl sites for hydroxylation is 1. The zero-order chi connectivity index (χ0) is 21.8. The summed E-state index contributed by atoms with van der Waals surface area (Å²) in [6, 6.07) is 19.0. The average molecular weight is 436 g/mol. The number of imidazole rings is 1. The Morgan fingerprint density at radius 3 is 2.35 bits per heavy atom. The first-order valence-electron chi connectivity index (χ1n) is 9.59. The molecule has 0 spiro atoms. The summed E-state index contributed by atoms with van der Waals surface area (Å²) in [6.45, 7) is 0.564. The Balaban J connectivity index is 1.60. The first-order valence-corrected chi connectivity index (χ1v) is 10.6. The molecule has 158 valence electrons. The zero-order valence-corrected chi connectivity index (χ0v) is 17.6. The summed E-state index contributed by atoms with van der Waals surface area (Å²) < 4.78 is 8.34. The van der Waals surface area contributed by atoms with Crippen molar-refractivity contribution >= 4 is 28.9 Å². The molecule has 0 unspecified atom stereocenters. The maximum Gasteiger partial charge on any atom is 0.329 e. The molecule has 2 aromatic heterocycles. The minimum Gasteiger partial charge on any atom is -0.460 e. The van der Waals surface area contributed by atoms with Crippen LogP contribution >= 0.6 is 11.8 Å². The molecule has 4 rings (SSSR count). The quantitative estimate of drug-likeness (QED) is 0.353. The number of nitrogens with one attached hydrogen (secondary N) is 1. The molecule has 0 amide bonds. The van der Waals surface area contributed by atoms with Crippen LogP contribution in [0.25, 0.3) is 11.2 Å². The first-order chi connectivity index (χ1) is 15.0. The summed E-state index contributed by atoms with van der Waals surface area (Å²) >= 11 is 1.17. The highest BCUT2D eigenvalue weighted by Gasteiger charge is 2.19. The number of thioether (sulfide) groups is 1. The van der Waals surface area contributed by atoms with Gasteiger partial charge in [0.15, 0.2) is 16.3 Å². The number of H-pyrrole nitrogens is 1. The molecule has 0 fully saturated rings. The van der Waals surface area contributed by atoms with Gasteiger partial charge in [-0.3, -0.25) is 19.1 Å². The third-order valence-electron chi connectivity index (χ3n) is 4.72. The normalized spacial score (nSPS) is 11.0. The van der Waals surface area contributed by atoms with E-state index in [1.807, 2.05) is 60.7 Å². The van der Waals surface area contributed by atoms with Gasteiger partial charge in [-0.2, -0.15) is 0 Å². The molecule has 8 nitrogen and oxygen atoms in total. The van der Waals surface area contributed by atoms with E-state index < -0.39 is 17.2 Å². The molecule has 2 heterocycles. The predicted octanol–water partition coefficient (Wildman–Crippen LogP) is 2.31. The van der Waals surface area contributed by atoms with E-state index in [0.717, 1.165) is 11.1 Å². The second kappa shape index (κ2) is 9.05. The molecular weight excluding hydrogens is 416 g/mol. The molecule has 0 aliphatic rings. The Labute approximate surface area is 181 Å². The van der Waals surface area contributed by atoms with Gasteiger partial charge in [0.05, 0.1) is 12.3 Å². The molecule has 0 radical (unpaired) electrons. The van der Waals surface area contributed by atoms with Crippen molar-refractivity contribution in [2.75, 3.05) is 5.75 Å². The fraction of sp³-hybridized carbons (Fsp3) is 0.182. The molecule has 0 atom stereocenters. The number of hydrogen-bond donors (Lipinski definition) is 1. The summed E-state index contributed by atoms with van der Waals surface area (Å²) in [5, 5.41) is 0.460. The number of hydrogen-bond acceptors (Lipinski definition) is 6. The molecule has 1 N–H and O–H groups in total. The van der Waals surface area contributed by atoms with Gasteiger partial charge in [0, 0.05) is 7.05 Å². The molecule has 2 aromatic carbocycles. The van der Waals surface area contributed by atoms with Crippen LogP contribution in [-0.2, 0) is 29.7 Å². The van der Waals surface area contributed by atoms with E-state index in [-0.39, 0.29) is 23.5 Å². The van der Waals surface area contributed by atoms with Gasteiger partial charge in [-0.1, -0.05) is 72.4 Å². The van der Waals surface area contributed by atoms with Crippen LogP contribution in [-0.4, -0.2) is 30.8 Å². The van der Waals surface area contributed by atoms with Crippen molar-refractivity contribution in [3.63, 3.8) is 0 Å². The largest absolute Gasteiger partial charge is 0.460 e. The highest BCUT2D eigenvalue weighted by molar-refractivity contribution is 7.99. The van der Waals surface area contributed by atoms with E-state index in [1.54, 1.807) is 11.6 Å². The predicted molar refractivity (Wildman–Crippen MR) is 118 cm³/mol. The molecule has 0 aliphatic heterocycles. The van der Waals surface area contributed by atoms with E-state index in [4.69, 9.17) is 4.74 Å². The molecule has 0 saturated heterocycles. The number of aromatic nitrogens is 4. The fourth-order valence-corrected chi connectivity index (χ4v) is 3.93. The number of benzene rings is 2. The Hall–Kier alpha value is -3.59. The minimum atomic E-state index is -0.541. The third kappa shape index (κ3) is 4.61. The Morgan fingerprint density at radius 1 is 1.03 bits per heavy atom. The average Bonchev–Trinajstić information content (AvgIpc) is 3.15. The van der Waals surface area contributed by atoms with Crippen molar-refractivity contribution in [1.29, 1.82) is 0 Å². The smallest absolute Gasteiger partial charge is 0.329 e. The number of esters is 1. The standard InChI is InChI=1S/C22H20N4O4S/c1-25-19-18(20(28)24-21(25)29)26(12-15-8-4-2-5-9-15)22(23-19)31-14-17(27)30-13-16-10-6-3-7-11-16/h2-11H,12-14H2,1H3,(H,24,28,29). The lowest BCUT2D eigenvalue weighted by atomic mass is 10.2. The Morgan fingerprint density at radius 2 is 1.68 bits per heavy atom. The van der Waals surface area contributed by atoms with Crippen molar-refractivity contribution in [2.45, 2.75) is 18.3 Å². The third-order valence-corrected chi connectivity index (χ3v) is 5.67. The van der Waals surface area contributed by atoms with Gasteiger partial charge >= 0.3 is 11.7 Å². The number of nitrogens with zero attached hydrogens (tertiary/aromatic N) is 3. The SMILES string of the molecule is Cn1c(=O)[nH]c(=O)c2c1nc(SCC(=O)OCc1ccccc1)n2Cc1ccccc1. The van der Waals surface area contributed by atoms with E-state index in [0.29, 0.717) is 11.7 Å². The Bertz CT molecular complexity index is 1330. The lowest BCUT2D eigenvalue weighted by Crippen LogP contribution is -2.29. The number of fused-ring (bicyclic) bond motifs is 1. The van der Waals surface area contributed by atoms with E-state index in [2.05, 4.69) is 9.97 Å². The molecule has 4 aromatic rings. The zero-order valence-electron chi connectivity index (χ0n) is 16.8. The topological polar surface area (TPSA) is 99.0 Å². The minimum absolute atomic E-state index is 0.0246. The van der Waals surface area contributed by atoms with Gasteiger partial charge in [-0.05, 0) is 11.1 Å². The summed E-state index contributed by atoms with van der Waals surface area (Å²) in [6.07, 6.45) is 0. The second-order valence-electron chi connectivity index (χ2n) is 6.89. The lowest BCUT2D eigenvalue weighted by Gasteiger charge is -2.09.